The standard InChI is InChI=1S/C11H14N4/c1-2-6-15-7-5-13-11(15)9-3-4-10(12)14-8-9/h3-5,7-8H,2,6H2,1H3,(H2,12,14). The quantitative estimate of drug-likeness (QED) is 0.827. The maximum Gasteiger partial charge on any atom is 0.141 e. The number of pyridine rings is 1. The van der Waals surface area contributed by atoms with Crippen LogP contribution in [0.3, 0.4) is 0 Å². The lowest BCUT2D eigenvalue weighted by Gasteiger charge is -2.05. The molecule has 0 radical (unpaired) electrons. The van der Waals surface area contributed by atoms with Gasteiger partial charge in [0.1, 0.15) is 11.6 Å². The lowest BCUT2D eigenvalue weighted by molar-refractivity contribution is 0.685. The molecule has 4 heteroatoms. The molecule has 2 aromatic heterocycles. The Morgan fingerprint density at radius 3 is 2.87 bits per heavy atom. The highest BCUT2D eigenvalue weighted by molar-refractivity contribution is 5.55. The van der Waals surface area contributed by atoms with Gasteiger partial charge in [-0.15, -0.1) is 0 Å². The van der Waals surface area contributed by atoms with Crippen molar-refractivity contribution in [3.05, 3.63) is 30.7 Å². The van der Waals surface area contributed by atoms with Crippen LogP contribution < -0.4 is 5.73 Å². The number of rotatable bonds is 3. The van der Waals surface area contributed by atoms with E-state index in [2.05, 4.69) is 21.5 Å². The van der Waals surface area contributed by atoms with E-state index in [1.807, 2.05) is 12.3 Å². The summed E-state index contributed by atoms with van der Waals surface area (Å²) in [5.74, 6) is 1.48. The van der Waals surface area contributed by atoms with E-state index in [1.54, 1.807) is 18.5 Å². The molecule has 0 aliphatic heterocycles. The van der Waals surface area contributed by atoms with Crippen LogP contribution in [0.15, 0.2) is 30.7 Å². The maximum absolute atomic E-state index is 5.54. The summed E-state index contributed by atoms with van der Waals surface area (Å²) in [4.78, 5) is 8.38. The van der Waals surface area contributed by atoms with Crippen LogP contribution in [-0.4, -0.2) is 14.5 Å². The molecule has 0 unspecified atom stereocenters. The topological polar surface area (TPSA) is 56.7 Å². The Morgan fingerprint density at radius 1 is 1.33 bits per heavy atom. The number of aromatic nitrogens is 3. The first-order chi connectivity index (χ1) is 7.31. The Balaban J connectivity index is 2.36. The Labute approximate surface area is 88.8 Å². The summed E-state index contributed by atoms with van der Waals surface area (Å²) in [7, 11) is 0. The van der Waals surface area contributed by atoms with Crippen LogP contribution >= 0.6 is 0 Å². The summed E-state index contributed by atoms with van der Waals surface area (Å²) in [6, 6.07) is 3.73. The van der Waals surface area contributed by atoms with Crippen molar-refractivity contribution >= 4 is 5.82 Å². The summed E-state index contributed by atoms with van der Waals surface area (Å²) >= 11 is 0. The smallest absolute Gasteiger partial charge is 0.141 e. The zero-order valence-electron chi connectivity index (χ0n) is 8.72. The molecule has 0 aromatic carbocycles. The molecule has 0 bridgehead atoms. The van der Waals surface area contributed by atoms with Crippen molar-refractivity contribution in [1.82, 2.24) is 14.5 Å². The molecule has 78 valence electrons. The predicted molar refractivity (Wildman–Crippen MR) is 60.2 cm³/mol. The molecule has 15 heavy (non-hydrogen) atoms. The van der Waals surface area contributed by atoms with Crippen molar-refractivity contribution < 1.29 is 0 Å². The average molecular weight is 202 g/mol. The van der Waals surface area contributed by atoms with Crippen LogP contribution in [0.5, 0.6) is 0 Å². The van der Waals surface area contributed by atoms with Gasteiger partial charge in [0, 0.05) is 30.7 Å². The summed E-state index contributed by atoms with van der Waals surface area (Å²) in [5, 5.41) is 0. The Hall–Kier alpha value is -1.84. The predicted octanol–water partition coefficient (Wildman–Crippen LogP) is 1.94. The lowest BCUT2D eigenvalue weighted by Crippen LogP contribution is -1.99. The molecule has 0 aliphatic carbocycles. The zero-order valence-corrected chi connectivity index (χ0v) is 8.72. The summed E-state index contributed by atoms with van der Waals surface area (Å²) in [5.41, 5.74) is 6.54. The van der Waals surface area contributed by atoms with E-state index < -0.39 is 0 Å². The number of hydrogen-bond donors (Lipinski definition) is 1. The second-order valence-corrected chi connectivity index (χ2v) is 3.42. The first-order valence-electron chi connectivity index (χ1n) is 5.04. The van der Waals surface area contributed by atoms with Crippen molar-refractivity contribution in [1.29, 1.82) is 0 Å². The summed E-state index contributed by atoms with van der Waals surface area (Å²) < 4.78 is 2.12. The van der Waals surface area contributed by atoms with E-state index in [0.29, 0.717) is 5.82 Å². The van der Waals surface area contributed by atoms with Gasteiger partial charge in [-0.3, -0.25) is 0 Å². The highest BCUT2D eigenvalue weighted by atomic mass is 15.1. The number of hydrogen-bond acceptors (Lipinski definition) is 3. The minimum Gasteiger partial charge on any atom is -0.384 e. The second-order valence-electron chi connectivity index (χ2n) is 3.42. The Kier molecular flexibility index (Phi) is 2.67. The lowest BCUT2D eigenvalue weighted by atomic mass is 10.2. The number of nitrogens with two attached hydrogens (primary N) is 1. The van der Waals surface area contributed by atoms with Crippen LogP contribution in [0, 0.1) is 0 Å². The van der Waals surface area contributed by atoms with Crippen molar-refractivity contribution in [2.24, 2.45) is 0 Å². The fourth-order valence-corrected chi connectivity index (χ4v) is 1.53. The number of anilines is 1. The number of nitrogens with zero attached hydrogens (tertiary/aromatic N) is 3. The highest BCUT2D eigenvalue weighted by Gasteiger charge is 2.04. The minimum absolute atomic E-state index is 0.535. The van der Waals surface area contributed by atoms with Crippen molar-refractivity contribution in [3.63, 3.8) is 0 Å². The molecule has 2 N–H and O–H groups in total. The molecule has 2 heterocycles. The fraction of sp³-hybridized carbons (Fsp3) is 0.273. The van der Waals surface area contributed by atoms with Gasteiger partial charge in [0.15, 0.2) is 0 Å². The van der Waals surface area contributed by atoms with E-state index in [-0.39, 0.29) is 0 Å². The van der Waals surface area contributed by atoms with Gasteiger partial charge in [0.2, 0.25) is 0 Å². The average Bonchev–Trinajstić information content (AvgIpc) is 2.68. The zero-order chi connectivity index (χ0) is 10.7. The maximum atomic E-state index is 5.54. The fourth-order valence-electron chi connectivity index (χ4n) is 1.53. The Bertz CT molecular complexity index is 430. The molecule has 0 amide bonds. The van der Waals surface area contributed by atoms with Gasteiger partial charge < -0.3 is 10.3 Å². The minimum atomic E-state index is 0.535. The largest absolute Gasteiger partial charge is 0.384 e. The monoisotopic (exact) mass is 202 g/mol. The number of nitrogen functional groups attached to an aromatic ring is 1. The van der Waals surface area contributed by atoms with E-state index in [9.17, 15) is 0 Å². The van der Waals surface area contributed by atoms with Gasteiger partial charge in [0.05, 0.1) is 0 Å². The van der Waals surface area contributed by atoms with E-state index in [1.165, 1.54) is 0 Å². The summed E-state index contributed by atoms with van der Waals surface area (Å²) in [6.07, 6.45) is 6.63. The SMILES string of the molecule is CCCn1ccnc1-c1ccc(N)nc1. The van der Waals surface area contributed by atoms with Crippen LogP contribution in [0.25, 0.3) is 11.4 Å². The molecule has 0 saturated heterocycles. The molecule has 0 spiro atoms. The Morgan fingerprint density at radius 2 is 2.20 bits per heavy atom. The molecule has 0 aliphatic rings. The van der Waals surface area contributed by atoms with E-state index >= 15 is 0 Å². The third-order valence-electron chi connectivity index (χ3n) is 2.22. The molecular formula is C11H14N4. The van der Waals surface area contributed by atoms with Crippen molar-refractivity contribution in [3.8, 4) is 11.4 Å². The van der Waals surface area contributed by atoms with Gasteiger partial charge in [-0.05, 0) is 18.6 Å². The van der Waals surface area contributed by atoms with Gasteiger partial charge in [0.25, 0.3) is 0 Å². The molecule has 2 aromatic rings. The number of aryl methyl sites for hydroxylation is 1. The first kappa shape index (κ1) is 9.71. The molecule has 0 fully saturated rings. The van der Waals surface area contributed by atoms with Gasteiger partial charge in [-0.1, -0.05) is 6.92 Å². The van der Waals surface area contributed by atoms with Gasteiger partial charge >= 0.3 is 0 Å². The van der Waals surface area contributed by atoms with E-state index in [4.69, 9.17) is 5.73 Å². The van der Waals surface area contributed by atoms with Crippen molar-refractivity contribution in [2.45, 2.75) is 19.9 Å². The molecular weight excluding hydrogens is 188 g/mol. The van der Waals surface area contributed by atoms with Gasteiger partial charge in [-0.25, -0.2) is 9.97 Å². The molecule has 0 atom stereocenters. The van der Waals surface area contributed by atoms with Crippen LogP contribution in [0.1, 0.15) is 13.3 Å². The first-order valence-corrected chi connectivity index (χ1v) is 5.04. The van der Waals surface area contributed by atoms with E-state index in [0.717, 1.165) is 24.4 Å². The third-order valence-corrected chi connectivity index (χ3v) is 2.22. The van der Waals surface area contributed by atoms with Crippen LogP contribution in [0.2, 0.25) is 0 Å². The van der Waals surface area contributed by atoms with Crippen LogP contribution in [-0.2, 0) is 6.54 Å². The second kappa shape index (κ2) is 4.13. The number of imidazole rings is 1. The molecule has 4 nitrogen and oxygen atoms in total. The third kappa shape index (κ3) is 1.98. The summed E-state index contributed by atoms with van der Waals surface area (Å²) in [6.45, 7) is 3.12. The van der Waals surface area contributed by atoms with Crippen LogP contribution in [0.4, 0.5) is 5.82 Å². The van der Waals surface area contributed by atoms with Gasteiger partial charge in [-0.2, -0.15) is 0 Å². The normalized spacial score (nSPS) is 10.5. The molecule has 2 rings (SSSR count). The molecule has 0 saturated carbocycles. The highest BCUT2D eigenvalue weighted by Crippen LogP contribution is 2.17. The van der Waals surface area contributed by atoms with Crippen molar-refractivity contribution in [2.75, 3.05) is 5.73 Å².